The van der Waals surface area contributed by atoms with Crippen molar-refractivity contribution >= 4 is 23.6 Å². The summed E-state index contributed by atoms with van der Waals surface area (Å²) < 4.78 is 0. The third-order valence-corrected chi connectivity index (χ3v) is 6.57. The highest BCUT2D eigenvalue weighted by Gasteiger charge is 2.30. The zero-order valence-electron chi connectivity index (χ0n) is 18.3. The third kappa shape index (κ3) is 4.99. The molecule has 1 aromatic heterocycles. The Morgan fingerprint density at radius 1 is 0.969 bits per heavy atom. The van der Waals surface area contributed by atoms with Gasteiger partial charge in [0.1, 0.15) is 5.03 Å². The van der Waals surface area contributed by atoms with E-state index in [4.69, 9.17) is 0 Å². The van der Waals surface area contributed by atoms with Crippen molar-refractivity contribution in [2.75, 3.05) is 25.4 Å². The van der Waals surface area contributed by atoms with Crippen LogP contribution in [0.25, 0.3) is 11.3 Å². The molecule has 2 aromatic carbocycles. The highest BCUT2D eigenvalue weighted by Crippen LogP contribution is 2.21. The molecule has 0 N–H and O–H groups in total. The predicted octanol–water partition coefficient (Wildman–Crippen LogP) is 3.92. The van der Waals surface area contributed by atoms with Crippen molar-refractivity contribution in [1.82, 2.24) is 20.0 Å². The van der Waals surface area contributed by atoms with Gasteiger partial charge in [-0.25, -0.2) is 0 Å². The second-order valence-corrected chi connectivity index (χ2v) is 8.91. The molecule has 1 atom stereocenters. The Balaban J connectivity index is 1.30. The molecule has 1 unspecified atom stereocenters. The fraction of sp³-hybridized carbons (Fsp3) is 0.280. The van der Waals surface area contributed by atoms with Gasteiger partial charge in [0, 0.05) is 36.8 Å². The van der Waals surface area contributed by atoms with Gasteiger partial charge in [0.15, 0.2) is 0 Å². The molecule has 0 spiro atoms. The molecule has 0 bridgehead atoms. The minimum atomic E-state index is -0.0326. The maximum absolute atomic E-state index is 13.0. The van der Waals surface area contributed by atoms with E-state index in [0.29, 0.717) is 25.4 Å². The number of carbonyl (C=O) groups is 2. The number of piperazine rings is 1. The topological polar surface area (TPSA) is 66.4 Å². The van der Waals surface area contributed by atoms with Crippen LogP contribution in [0, 0.1) is 6.92 Å². The number of benzene rings is 2. The summed E-state index contributed by atoms with van der Waals surface area (Å²) in [5.41, 5.74) is 3.52. The van der Waals surface area contributed by atoms with E-state index in [0.717, 1.165) is 27.4 Å². The summed E-state index contributed by atoms with van der Waals surface area (Å²) in [6.45, 7) is 5.56. The monoisotopic (exact) mass is 446 g/mol. The largest absolute Gasteiger partial charge is 0.338 e. The molecule has 1 aliphatic heterocycles. The Morgan fingerprint density at radius 2 is 1.72 bits per heavy atom. The van der Waals surface area contributed by atoms with Crippen LogP contribution in [-0.2, 0) is 4.79 Å². The zero-order valence-corrected chi connectivity index (χ0v) is 19.1. The van der Waals surface area contributed by atoms with Gasteiger partial charge in [-0.3, -0.25) is 9.59 Å². The van der Waals surface area contributed by atoms with Crippen LogP contribution >= 0.6 is 11.8 Å². The SMILES string of the molecule is Cc1ccccc1C(=O)N1CCN(C(=O)CSc2ccc(-c3ccccc3)nn2)CC1C. The lowest BCUT2D eigenvalue weighted by Crippen LogP contribution is -2.55. The molecule has 1 saturated heterocycles. The standard InChI is InChI=1S/C25H26N4O2S/c1-18-8-6-7-11-21(18)25(31)29-15-14-28(16-19(29)2)24(30)17-32-23-13-12-22(26-27-23)20-9-4-3-5-10-20/h3-13,19H,14-17H2,1-2H3. The highest BCUT2D eigenvalue weighted by molar-refractivity contribution is 7.99. The van der Waals surface area contributed by atoms with Crippen molar-refractivity contribution in [1.29, 1.82) is 0 Å². The first-order valence-electron chi connectivity index (χ1n) is 10.7. The van der Waals surface area contributed by atoms with Crippen LogP contribution in [-0.4, -0.2) is 63.2 Å². The van der Waals surface area contributed by atoms with Crippen LogP contribution in [0.15, 0.2) is 71.8 Å². The van der Waals surface area contributed by atoms with Crippen LogP contribution in [0.1, 0.15) is 22.8 Å². The van der Waals surface area contributed by atoms with Crippen molar-refractivity contribution in [3.8, 4) is 11.3 Å². The van der Waals surface area contributed by atoms with E-state index in [2.05, 4.69) is 10.2 Å². The van der Waals surface area contributed by atoms with Crippen molar-refractivity contribution in [3.63, 3.8) is 0 Å². The van der Waals surface area contributed by atoms with E-state index in [1.165, 1.54) is 11.8 Å². The number of thioether (sulfide) groups is 1. The zero-order chi connectivity index (χ0) is 22.5. The Bertz CT molecular complexity index is 1090. The maximum Gasteiger partial charge on any atom is 0.254 e. The van der Waals surface area contributed by atoms with E-state index in [-0.39, 0.29) is 17.9 Å². The van der Waals surface area contributed by atoms with Crippen molar-refractivity contribution in [2.24, 2.45) is 0 Å². The number of aromatic nitrogens is 2. The Morgan fingerprint density at radius 3 is 2.41 bits per heavy atom. The minimum Gasteiger partial charge on any atom is -0.338 e. The van der Waals surface area contributed by atoms with Gasteiger partial charge < -0.3 is 9.80 Å². The van der Waals surface area contributed by atoms with E-state index in [1.54, 1.807) is 0 Å². The smallest absolute Gasteiger partial charge is 0.254 e. The molecule has 1 fully saturated rings. The van der Waals surface area contributed by atoms with Gasteiger partial charge >= 0.3 is 0 Å². The second kappa shape index (κ2) is 9.96. The molecule has 32 heavy (non-hydrogen) atoms. The van der Waals surface area contributed by atoms with Gasteiger partial charge in [0.05, 0.1) is 11.4 Å². The van der Waals surface area contributed by atoms with Crippen LogP contribution in [0.2, 0.25) is 0 Å². The Labute approximate surface area is 192 Å². The van der Waals surface area contributed by atoms with Crippen molar-refractivity contribution < 1.29 is 9.59 Å². The molecular weight excluding hydrogens is 420 g/mol. The molecule has 2 heterocycles. The van der Waals surface area contributed by atoms with Gasteiger partial charge in [-0.05, 0) is 37.6 Å². The lowest BCUT2D eigenvalue weighted by atomic mass is 10.1. The summed E-state index contributed by atoms with van der Waals surface area (Å²) in [5.74, 6) is 0.391. The van der Waals surface area contributed by atoms with E-state index in [1.807, 2.05) is 90.4 Å². The molecule has 3 aromatic rings. The van der Waals surface area contributed by atoms with E-state index in [9.17, 15) is 9.59 Å². The summed E-state index contributed by atoms with van der Waals surface area (Å²) in [6, 6.07) is 21.3. The number of hydrogen-bond donors (Lipinski definition) is 0. The summed E-state index contributed by atoms with van der Waals surface area (Å²) in [5, 5.41) is 9.25. The molecule has 164 valence electrons. The van der Waals surface area contributed by atoms with E-state index >= 15 is 0 Å². The number of rotatable bonds is 5. The third-order valence-electron chi connectivity index (χ3n) is 5.67. The number of aryl methyl sites for hydroxylation is 1. The van der Waals surface area contributed by atoms with Crippen LogP contribution in [0.5, 0.6) is 0 Å². The molecular formula is C25H26N4O2S. The van der Waals surface area contributed by atoms with Crippen LogP contribution in [0.4, 0.5) is 0 Å². The summed E-state index contributed by atoms with van der Waals surface area (Å²) >= 11 is 1.39. The summed E-state index contributed by atoms with van der Waals surface area (Å²) in [6.07, 6.45) is 0. The van der Waals surface area contributed by atoms with Crippen molar-refractivity contribution in [2.45, 2.75) is 24.9 Å². The number of nitrogens with zero attached hydrogens (tertiary/aromatic N) is 4. The molecule has 6 nitrogen and oxygen atoms in total. The normalized spacial score (nSPS) is 16.1. The van der Waals surface area contributed by atoms with Crippen molar-refractivity contribution in [3.05, 3.63) is 77.9 Å². The first-order chi connectivity index (χ1) is 15.5. The second-order valence-electron chi connectivity index (χ2n) is 7.91. The van der Waals surface area contributed by atoms with Gasteiger partial charge in [-0.15, -0.1) is 10.2 Å². The number of hydrogen-bond acceptors (Lipinski definition) is 5. The van der Waals surface area contributed by atoms with E-state index < -0.39 is 0 Å². The predicted molar refractivity (Wildman–Crippen MR) is 126 cm³/mol. The first-order valence-corrected chi connectivity index (χ1v) is 11.7. The number of carbonyl (C=O) groups excluding carboxylic acids is 2. The average Bonchev–Trinajstić information content (AvgIpc) is 2.83. The lowest BCUT2D eigenvalue weighted by molar-refractivity contribution is -0.130. The molecule has 7 heteroatoms. The maximum atomic E-state index is 13.0. The molecule has 0 aliphatic carbocycles. The first kappa shape index (κ1) is 22.0. The molecule has 2 amide bonds. The van der Waals surface area contributed by atoms with Gasteiger partial charge in [0.2, 0.25) is 5.91 Å². The molecule has 0 saturated carbocycles. The highest BCUT2D eigenvalue weighted by atomic mass is 32.2. The Kier molecular flexibility index (Phi) is 6.85. The minimum absolute atomic E-state index is 0.0326. The molecule has 4 rings (SSSR count). The van der Waals surface area contributed by atoms with Crippen LogP contribution in [0.3, 0.4) is 0 Å². The van der Waals surface area contributed by atoms with Gasteiger partial charge in [-0.2, -0.15) is 0 Å². The quantitative estimate of drug-likeness (QED) is 0.556. The average molecular weight is 447 g/mol. The summed E-state index contributed by atoms with van der Waals surface area (Å²) in [7, 11) is 0. The molecule has 0 radical (unpaired) electrons. The van der Waals surface area contributed by atoms with Gasteiger partial charge in [0.25, 0.3) is 5.91 Å². The lowest BCUT2D eigenvalue weighted by Gasteiger charge is -2.40. The fourth-order valence-electron chi connectivity index (χ4n) is 3.84. The van der Waals surface area contributed by atoms with Gasteiger partial charge in [-0.1, -0.05) is 60.3 Å². The Hall–Kier alpha value is -3.19. The number of amides is 2. The molecule has 1 aliphatic rings. The summed E-state index contributed by atoms with van der Waals surface area (Å²) in [4.78, 5) is 29.4. The van der Waals surface area contributed by atoms with Crippen LogP contribution < -0.4 is 0 Å². The fourth-order valence-corrected chi connectivity index (χ4v) is 4.56.